The molecule has 1 unspecified atom stereocenters. The van der Waals surface area contributed by atoms with Crippen LogP contribution in [0.15, 0.2) is 29.8 Å². The van der Waals surface area contributed by atoms with Crippen molar-refractivity contribution in [3.63, 3.8) is 0 Å². The zero-order valence-corrected chi connectivity index (χ0v) is 16.7. The third kappa shape index (κ3) is 3.24. The first-order valence-corrected chi connectivity index (χ1v) is 9.98. The molecule has 1 fully saturated rings. The first-order chi connectivity index (χ1) is 14.1. The normalized spacial score (nSPS) is 24.9. The lowest BCUT2D eigenvalue weighted by Crippen LogP contribution is -2.48. The van der Waals surface area contributed by atoms with Gasteiger partial charge in [0.1, 0.15) is 5.92 Å². The van der Waals surface area contributed by atoms with E-state index in [0.717, 1.165) is 30.4 Å². The number of ether oxygens (including phenoxy) is 2. The van der Waals surface area contributed by atoms with Crippen LogP contribution in [0, 0.1) is 56.7 Å². The van der Waals surface area contributed by atoms with Crippen LogP contribution in [0.4, 0.5) is 0 Å². The van der Waals surface area contributed by atoms with Crippen LogP contribution in [0.25, 0.3) is 0 Å². The van der Waals surface area contributed by atoms with Gasteiger partial charge in [0, 0.05) is 5.92 Å². The molecular formula is C23H24N4O2. The number of fused-ring (bicyclic) bond motifs is 1. The minimum atomic E-state index is -1.68. The van der Waals surface area contributed by atoms with Gasteiger partial charge in [-0.05, 0) is 62.3 Å². The quantitative estimate of drug-likeness (QED) is 0.746. The smallest absolute Gasteiger partial charge is 0.189 e. The molecule has 3 rings (SSSR count). The van der Waals surface area contributed by atoms with E-state index in [1.54, 1.807) is 6.07 Å². The molecule has 2 aliphatic carbocycles. The van der Waals surface area contributed by atoms with Crippen molar-refractivity contribution in [3.8, 4) is 29.7 Å². The van der Waals surface area contributed by atoms with E-state index in [2.05, 4.69) is 18.2 Å². The summed E-state index contributed by atoms with van der Waals surface area (Å²) in [4.78, 5) is 0. The van der Waals surface area contributed by atoms with Crippen LogP contribution in [-0.2, 0) is 0 Å². The minimum Gasteiger partial charge on any atom is -0.490 e. The predicted octanol–water partition coefficient (Wildman–Crippen LogP) is 4.50. The fourth-order valence-corrected chi connectivity index (χ4v) is 4.65. The molecule has 6 heteroatoms. The van der Waals surface area contributed by atoms with Crippen LogP contribution < -0.4 is 9.47 Å². The molecule has 29 heavy (non-hydrogen) atoms. The van der Waals surface area contributed by atoms with Crippen molar-refractivity contribution in [2.45, 2.75) is 39.0 Å². The van der Waals surface area contributed by atoms with Gasteiger partial charge < -0.3 is 14.9 Å². The molecule has 2 aliphatic rings. The third-order valence-corrected chi connectivity index (χ3v) is 5.85. The average Bonchev–Trinajstić information content (AvgIpc) is 2.75. The fourth-order valence-electron chi connectivity index (χ4n) is 4.65. The highest BCUT2D eigenvalue weighted by Gasteiger charge is 2.57. The van der Waals surface area contributed by atoms with Crippen molar-refractivity contribution in [2.75, 3.05) is 13.2 Å². The van der Waals surface area contributed by atoms with Gasteiger partial charge in [0.2, 0.25) is 0 Å². The number of hydrogen-bond donors (Lipinski definition) is 1. The molecule has 6 nitrogen and oxygen atoms in total. The molecule has 3 atom stereocenters. The summed E-state index contributed by atoms with van der Waals surface area (Å²) in [6.45, 7) is 4.72. The van der Waals surface area contributed by atoms with E-state index < -0.39 is 17.3 Å². The van der Waals surface area contributed by atoms with Gasteiger partial charge in [-0.15, -0.1) is 0 Å². The van der Waals surface area contributed by atoms with Gasteiger partial charge in [0.25, 0.3) is 0 Å². The molecule has 0 aliphatic heterocycles. The summed E-state index contributed by atoms with van der Waals surface area (Å²) in [5.74, 6) is -0.306. The Labute approximate surface area is 171 Å². The van der Waals surface area contributed by atoms with Gasteiger partial charge in [0.05, 0.1) is 37.1 Å². The van der Waals surface area contributed by atoms with E-state index >= 15 is 0 Å². The highest BCUT2D eigenvalue weighted by Crippen LogP contribution is 2.55. The van der Waals surface area contributed by atoms with E-state index in [1.165, 1.54) is 0 Å². The lowest BCUT2D eigenvalue weighted by Gasteiger charge is -2.45. The number of benzene rings is 1. The van der Waals surface area contributed by atoms with E-state index in [-0.39, 0.29) is 11.6 Å². The Morgan fingerprint density at radius 2 is 1.79 bits per heavy atom. The summed E-state index contributed by atoms with van der Waals surface area (Å²) in [6, 6.07) is 11.9. The van der Waals surface area contributed by atoms with Crippen LogP contribution in [-0.4, -0.2) is 18.9 Å². The first-order valence-electron chi connectivity index (χ1n) is 9.98. The van der Waals surface area contributed by atoms with Crippen molar-refractivity contribution in [1.82, 2.24) is 0 Å². The van der Waals surface area contributed by atoms with Gasteiger partial charge in [0.15, 0.2) is 16.9 Å². The molecule has 1 saturated carbocycles. The Morgan fingerprint density at radius 1 is 1.10 bits per heavy atom. The molecule has 148 valence electrons. The molecular weight excluding hydrogens is 364 g/mol. The maximum atomic E-state index is 10.1. The van der Waals surface area contributed by atoms with Crippen molar-refractivity contribution >= 4 is 5.71 Å². The largest absolute Gasteiger partial charge is 0.490 e. The van der Waals surface area contributed by atoms with Crippen molar-refractivity contribution in [1.29, 1.82) is 21.2 Å². The SMILES string of the molecule is CCOc1ccc([C@@H]2[C@H]3CCCC=C3C(C#N)C(=N)C2(C#N)C#N)cc1OCC. The molecule has 0 heterocycles. The standard InChI is InChI=1S/C23H24N4O2/c1-3-28-19-10-9-15(11-20(19)29-4-2)21-17-8-6-5-7-16(17)18(12-24)22(27)23(21,13-25)14-26/h7,9-11,17-18,21,27H,3-6,8H2,1-2H3/t17-,18?,21+/m0/s1. The van der Waals surface area contributed by atoms with Crippen LogP contribution in [0.3, 0.4) is 0 Å². The van der Waals surface area contributed by atoms with Crippen LogP contribution in [0.2, 0.25) is 0 Å². The first kappa shape index (κ1) is 20.4. The Balaban J connectivity index is 2.21. The zero-order chi connectivity index (χ0) is 21.0. The van der Waals surface area contributed by atoms with E-state index in [1.807, 2.05) is 32.1 Å². The van der Waals surface area contributed by atoms with Crippen LogP contribution in [0.5, 0.6) is 11.5 Å². The lowest BCUT2D eigenvalue weighted by molar-refractivity contribution is 0.284. The molecule has 0 saturated heterocycles. The maximum absolute atomic E-state index is 10.1. The summed E-state index contributed by atoms with van der Waals surface area (Å²) >= 11 is 0. The van der Waals surface area contributed by atoms with E-state index in [4.69, 9.17) is 14.9 Å². The fraction of sp³-hybridized carbons (Fsp3) is 0.478. The summed E-state index contributed by atoms with van der Waals surface area (Å²) in [6.07, 6.45) is 4.59. The van der Waals surface area contributed by atoms with Gasteiger partial charge in [-0.1, -0.05) is 12.1 Å². The molecule has 1 aromatic rings. The topological polar surface area (TPSA) is 114 Å². The second kappa shape index (κ2) is 8.38. The molecule has 0 amide bonds. The Kier molecular flexibility index (Phi) is 5.90. The van der Waals surface area contributed by atoms with Gasteiger partial charge in [-0.3, -0.25) is 0 Å². The second-order valence-electron chi connectivity index (χ2n) is 7.30. The minimum absolute atomic E-state index is 0.119. The van der Waals surface area contributed by atoms with Crippen LogP contribution >= 0.6 is 0 Å². The number of hydrogen-bond acceptors (Lipinski definition) is 6. The van der Waals surface area contributed by atoms with Crippen molar-refractivity contribution < 1.29 is 9.47 Å². The molecule has 0 radical (unpaired) electrons. The van der Waals surface area contributed by atoms with Gasteiger partial charge >= 0.3 is 0 Å². The summed E-state index contributed by atoms with van der Waals surface area (Å²) in [5, 5.41) is 38.5. The Morgan fingerprint density at radius 3 is 2.41 bits per heavy atom. The lowest BCUT2D eigenvalue weighted by atomic mass is 9.53. The second-order valence-corrected chi connectivity index (χ2v) is 7.30. The molecule has 0 bridgehead atoms. The van der Waals surface area contributed by atoms with Crippen molar-refractivity contribution in [3.05, 3.63) is 35.4 Å². The van der Waals surface area contributed by atoms with E-state index in [0.29, 0.717) is 24.7 Å². The molecule has 0 aromatic heterocycles. The molecule has 1 aromatic carbocycles. The van der Waals surface area contributed by atoms with Crippen LogP contribution in [0.1, 0.15) is 44.6 Å². The molecule has 0 spiro atoms. The molecule has 1 N–H and O–H groups in total. The summed E-state index contributed by atoms with van der Waals surface area (Å²) in [7, 11) is 0. The monoisotopic (exact) mass is 388 g/mol. The summed E-state index contributed by atoms with van der Waals surface area (Å²) in [5.41, 5.74) is -0.164. The highest BCUT2D eigenvalue weighted by molar-refractivity contribution is 6.00. The highest BCUT2D eigenvalue weighted by atomic mass is 16.5. The van der Waals surface area contributed by atoms with E-state index in [9.17, 15) is 15.8 Å². The number of rotatable bonds is 5. The Bertz CT molecular complexity index is 947. The van der Waals surface area contributed by atoms with Gasteiger partial charge in [-0.2, -0.15) is 15.8 Å². The Hall–Kier alpha value is -3.30. The number of nitrogens with one attached hydrogen (secondary N) is 1. The third-order valence-electron chi connectivity index (χ3n) is 5.85. The maximum Gasteiger partial charge on any atom is 0.189 e. The zero-order valence-electron chi connectivity index (χ0n) is 16.7. The van der Waals surface area contributed by atoms with Crippen molar-refractivity contribution in [2.24, 2.45) is 17.3 Å². The van der Waals surface area contributed by atoms with Gasteiger partial charge in [-0.25, -0.2) is 0 Å². The number of nitriles is 3. The predicted molar refractivity (Wildman–Crippen MR) is 107 cm³/mol. The average molecular weight is 388 g/mol. The summed E-state index contributed by atoms with van der Waals surface area (Å²) < 4.78 is 11.4. The number of nitrogens with zero attached hydrogens (tertiary/aromatic N) is 3. The number of allylic oxidation sites excluding steroid dienone is 2.